The lowest BCUT2D eigenvalue weighted by Crippen LogP contribution is -2.28. The summed E-state index contributed by atoms with van der Waals surface area (Å²) < 4.78 is 10.9. The standard InChI is InChI=1S/C17H23N3O2S/c1-12-7-20(9-16(12)18)8-13-11-23-17(19-13)10-22-15-5-3-14(21-2)4-6-15/h3-6,11-12,16H,7-10,18H2,1-2H3. The summed E-state index contributed by atoms with van der Waals surface area (Å²) in [5, 5.41) is 3.11. The van der Waals surface area contributed by atoms with E-state index in [1.54, 1.807) is 18.4 Å². The molecular weight excluding hydrogens is 310 g/mol. The number of rotatable bonds is 6. The second-order valence-electron chi connectivity index (χ2n) is 6.03. The Labute approximate surface area is 141 Å². The van der Waals surface area contributed by atoms with Crippen LogP contribution >= 0.6 is 11.3 Å². The number of aromatic nitrogens is 1. The monoisotopic (exact) mass is 333 g/mol. The lowest BCUT2D eigenvalue weighted by molar-refractivity contribution is 0.300. The molecule has 1 saturated heterocycles. The lowest BCUT2D eigenvalue weighted by Gasteiger charge is -2.12. The van der Waals surface area contributed by atoms with E-state index in [1.807, 2.05) is 24.3 Å². The molecule has 1 aliphatic rings. The number of nitrogens with two attached hydrogens (primary N) is 1. The second kappa shape index (κ2) is 7.29. The molecule has 1 fully saturated rings. The molecule has 2 N–H and O–H groups in total. The average Bonchev–Trinajstić information content (AvgIpc) is 3.13. The molecule has 0 amide bonds. The van der Waals surface area contributed by atoms with Crippen molar-refractivity contribution in [2.45, 2.75) is 26.1 Å². The Morgan fingerprint density at radius 2 is 2.00 bits per heavy atom. The number of ether oxygens (including phenoxy) is 2. The predicted octanol–water partition coefficient (Wildman–Crippen LogP) is 2.51. The van der Waals surface area contributed by atoms with Gasteiger partial charge in [0.15, 0.2) is 0 Å². The van der Waals surface area contributed by atoms with Crippen LogP contribution in [0.1, 0.15) is 17.6 Å². The smallest absolute Gasteiger partial charge is 0.140 e. The van der Waals surface area contributed by atoms with Gasteiger partial charge in [-0.3, -0.25) is 4.90 Å². The summed E-state index contributed by atoms with van der Waals surface area (Å²) in [7, 11) is 1.65. The second-order valence-corrected chi connectivity index (χ2v) is 6.97. The van der Waals surface area contributed by atoms with Gasteiger partial charge in [0.2, 0.25) is 0 Å². The summed E-state index contributed by atoms with van der Waals surface area (Å²) in [5.41, 5.74) is 7.17. The lowest BCUT2D eigenvalue weighted by atomic mass is 10.1. The van der Waals surface area contributed by atoms with Gasteiger partial charge in [0.05, 0.1) is 12.8 Å². The van der Waals surface area contributed by atoms with Gasteiger partial charge in [-0.2, -0.15) is 0 Å². The van der Waals surface area contributed by atoms with Crippen molar-refractivity contribution in [3.63, 3.8) is 0 Å². The van der Waals surface area contributed by atoms with Crippen LogP contribution in [0.5, 0.6) is 11.5 Å². The van der Waals surface area contributed by atoms with E-state index in [0.717, 1.165) is 41.8 Å². The number of thiazole rings is 1. The van der Waals surface area contributed by atoms with Gasteiger partial charge in [0, 0.05) is 31.1 Å². The topological polar surface area (TPSA) is 60.6 Å². The van der Waals surface area contributed by atoms with Crippen LogP contribution in [0, 0.1) is 5.92 Å². The number of hydrogen-bond acceptors (Lipinski definition) is 6. The third-order valence-electron chi connectivity index (χ3n) is 4.15. The Bertz CT molecular complexity index is 619. The minimum atomic E-state index is 0.284. The van der Waals surface area contributed by atoms with E-state index in [9.17, 15) is 0 Å². The molecule has 6 heteroatoms. The van der Waals surface area contributed by atoms with Gasteiger partial charge in [0.1, 0.15) is 23.1 Å². The highest BCUT2D eigenvalue weighted by Crippen LogP contribution is 2.21. The fourth-order valence-corrected chi connectivity index (χ4v) is 3.45. The molecule has 0 bridgehead atoms. The summed E-state index contributed by atoms with van der Waals surface area (Å²) in [6, 6.07) is 7.87. The molecule has 1 aromatic heterocycles. The van der Waals surface area contributed by atoms with Crippen molar-refractivity contribution in [3.05, 3.63) is 40.3 Å². The minimum absolute atomic E-state index is 0.284. The minimum Gasteiger partial charge on any atom is -0.497 e. The quantitative estimate of drug-likeness (QED) is 0.880. The summed E-state index contributed by atoms with van der Waals surface area (Å²) >= 11 is 1.64. The summed E-state index contributed by atoms with van der Waals surface area (Å²) in [5.74, 6) is 2.21. The number of hydrogen-bond donors (Lipinski definition) is 1. The van der Waals surface area contributed by atoms with E-state index in [4.69, 9.17) is 15.2 Å². The first kappa shape index (κ1) is 16.2. The number of benzene rings is 1. The first-order valence-corrected chi connectivity index (χ1v) is 8.70. The molecule has 23 heavy (non-hydrogen) atoms. The Kier molecular flexibility index (Phi) is 5.15. The summed E-state index contributed by atoms with van der Waals surface area (Å²) in [6.07, 6.45) is 0. The SMILES string of the molecule is COc1ccc(OCc2nc(CN3CC(C)C(N)C3)cs2)cc1. The highest BCUT2D eigenvalue weighted by atomic mass is 32.1. The van der Waals surface area contributed by atoms with Crippen molar-refractivity contribution in [2.24, 2.45) is 11.7 Å². The average molecular weight is 333 g/mol. The Hall–Kier alpha value is -1.63. The third-order valence-corrected chi connectivity index (χ3v) is 5.02. The highest BCUT2D eigenvalue weighted by molar-refractivity contribution is 7.09. The molecule has 0 saturated carbocycles. The van der Waals surface area contributed by atoms with Crippen LogP contribution in [0.3, 0.4) is 0 Å². The maximum absolute atomic E-state index is 6.07. The third kappa shape index (κ3) is 4.22. The largest absolute Gasteiger partial charge is 0.497 e. The Morgan fingerprint density at radius 3 is 2.65 bits per heavy atom. The van der Waals surface area contributed by atoms with Crippen LogP contribution in [0.2, 0.25) is 0 Å². The maximum Gasteiger partial charge on any atom is 0.140 e. The maximum atomic E-state index is 6.07. The normalized spacial score (nSPS) is 21.5. The molecule has 1 aliphatic heterocycles. The highest BCUT2D eigenvalue weighted by Gasteiger charge is 2.26. The zero-order chi connectivity index (χ0) is 16.2. The first-order valence-electron chi connectivity index (χ1n) is 7.82. The molecule has 2 unspecified atom stereocenters. The molecular formula is C17H23N3O2S. The van der Waals surface area contributed by atoms with Crippen molar-refractivity contribution in [1.82, 2.24) is 9.88 Å². The van der Waals surface area contributed by atoms with Crippen molar-refractivity contribution < 1.29 is 9.47 Å². The summed E-state index contributed by atoms with van der Waals surface area (Å²) in [6.45, 7) is 5.58. The van der Waals surface area contributed by atoms with Gasteiger partial charge >= 0.3 is 0 Å². The summed E-state index contributed by atoms with van der Waals surface area (Å²) in [4.78, 5) is 7.03. The van der Waals surface area contributed by atoms with Crippen LogP contribution in [-0.4, -0.2) is 36.1 Å². The van der Waals surface area contributed by atoms with Gasteiger partial charge in [-0.15, -0.1) is 11.3 Å². The van der Waals surface area contributed by atoms with E-state index >= 15 is 0 Å². The number of nitrogens with zero attached hydrogens (tertiary/aromatic N) is 2. The molecule has 2 atom stereocenters. The van der Waals surface area contributed by atoms with Crippen LogP contribution in [0.25, 0.3) is 0 Å². The van der Waals surface area contributed by atoms with Crippen LogP contribution < -0.4 is 15.2 Å². The fourth-order valence-electron chi connectivity index (χ4n) is 2.76. The zero-order valence-electron chi connectivity index (χ0n) is 13.6. The zero-order valence-corrected chi connectivity index (χ0v) is 14.4. The van der Waals surface area contributed by atoms with Gasteiger partial charge in [-0.25, -0.2) is 4.98 Å². The fraction of sp³-hybridized carbons (Fsp3) is 0.471. The molecule has 0 aliphatic carbocycles. The molecule has 124 valence electrons. The number of likely N-dealkylation sites (tertiary alicyclic amines) is 1. The van der Waals surface area contributed by atoms with Crippen molar-refractivity contribution in [1.29, 1.82) is 0 Å². The van der Waals surface area contributed by atoms with Gasteiger partial charge in [-0.1, -0.05) is 6.92 Å². The van der Waals surface area contributed by atoms with Gasteiger partial charge in [0.25, 0.3) is 0 Å². The van der Waals surface area contributed by atoms with Crippen LogP contribution in [0.15, 0.2) is 29.6 Å². The van der Waals surface area contributed by atoms with E-state index in [1.165, 1.54) is 0 Å². The van der Waals surface area contributed by atoms with Gasteiger partial charge in [-0.05, 0) is 30.2 Å². The van der Waals surface area contributed by atoms with Crippen molar-refractivity contribution in [3.8, 4) is 11.5 Å². The Morgan fingerprint density at radius 1 is 1.26 bits per heavy atom. The van der Waals surface area contributed by atoms with E-state index in [0.29, 0.717) is 12.5 Å². The molecule has 1 aromatic carbocycles. The van der Waals surface area contributed by atoms with E-state index in [2.05, 4.69) is 22.2 Å². The molecule has 2 aromatic rings. The van der Waals surface area contributed by atoms with Crippen LogP contribution in [0.4, 0.5) is 0 Å². The van der Waals surface area contributed by atoms with Gasteiger partial charge < -0.3 is 15.2 Å². The van der Waals surface area contributed by atoms with Crippen molar-refractivity contribution in [2.75, 3.05) is 20.2 Å². The molecule has 0 spiro atoms. The number of methoxy groups -OCH3 is 1. The first-order chi connectivity index (χ1) is 11.1. The molecule has 0 radical (unpaired) electrons. The van der Waals surface area contributed by atoms with E-state index in [-0.39, 0.29) is 6.04 Å². The van der Waals surface area contributed by atoms with Crippen molar-refractivity contribution >= 4 is 11.3 Å². The molecule has 5 nitrogen and oxygen atoms in total. The van der Waals surface area contributed by atoms with Crippen LogP contribution in [-0.2, 0) is 13.2 Å². The predicted molar refractivity (Wildman–Crippen MR) is 91.9 cm³/mol. The molecule has 2 heterocycles. The Balaban J connectivity index is 1.51. The van der Waals surface area contributed by atoms with E-state index < -0.39 is 0 Å². The molecule has 3 rings (SSSR count).